The molecule has 40 heavy (non-hydrogen) atoms. The number of carbonyl (C=O) groups is 3. The van der Waals surface area contributed by atoms with Crippen LogP contribution in [0.15, 0.2) is 54.7 Å². The number of alkyl halides is 1. The normalized spacial score (nSPS) is 17.2. The van der Waals surface area contributed by atoms with Gasteiger partial charge in [0.15, 0.2) is 5.78 Å². The number of Topliss-reactive ketones (excluding diaryl/α,β-unsaturated/α-hetero) is 1. The fourth-order valence-corrected chi connectivity index (χ4v) is 5.03. The first kappa shape index (κ1) is 29.3. The lowest BCUT2D eigenvalue weighted by atomic mass is 10.1. The maximum atomic E-state index is 14.4. The topological polar surface area (TPSA) is 127 Å². The Morgan fingerprint density at radius 1 is 1.15 bits per heavy atom. The van der Waals surface area contributed by atoms with Crippen molar-refractivity contribution in [3.63, 3.8) is 0 Å². The number of nitrogens with one attached hydrogen (secondary N) is 1. The van der Waals surface area contributed by atoms with Gasteiger partial charge in [0.25, 0.3) is 0 Å². The van der Waals surface area contributed by atoms with E-state index in [-0.39, 0.29) is 31.2 Å². The number of aromatic nitrogens is 1. The van der Waals surface area contributed by atoms with Crippen molar-refractivity contribution in [2.75, 3.05) is 19.9 Å². The summed E-state index contributed by atoms with van der Waals surface area (Å²) in [6, 6.07) is 13.9. The van der Waals surface area contributed by atoms with Crippen molar-refractivity contribution in [1.82, 2.24) is 14.8 Å². The molecule has 0 radical (unpaired) electrons. The van der Waals surface area contributed by atoms with Crippen LogP contribution in [0.4, 0.5) is 4.39 Å². The molecular formula is C28H32FN3O7P+. The van der Waals surface area contributed by atoms with Crippen LogP contribution in [-0.4, -0.2) is 64.1 Å². The third-order valence-electron chi connectivity index (χ3n) is 6.83. The van der Waals surface area contributed by atoms with E-state index >= 15 is 0 Å². The zero-order valence-electron chi connectivity index (χ0n) is 22.1. The molecule has 1 saturated heterocycles. The highest BCUT2D eigenvalue weighted by Gasteiger charge is 2.39. The second-order valence-corrected chi connectivity index (χ2v) is 10.4. The van der Waals surface area contributed by atoms with E-state index in [1.54, 1.807) is 29.0 Å². The Bertz CT molecular complexity index is 1380. The molecule has 12 heteroatoms. The summed E-state index contributed by atoms with van der Waals surface area (Å²) in [4.78, 5) is 48.5. The summed E-state index contributed by atoms with van der Waals surface area (Å²) < 4.78 is 36.5. The number of hydrogen-bond donors (Lipinski definition) is 2. The van der Waals surface area contributed by atoms with Crippen LogP contribution in [0.1, 0.15) is 42.1 Å². The van der Waals surface area contributed by atoms with Gasteiger partial charge in [0.1, 0.15) is 24.5 Å². The summed E-state index contributed by atoms with van der Waals surface area (Å²) in [6.07, 6.45) is 2.73. The summed E-state index contributed by atoms with van der Waals surface area (Å²) in [6.45, 7) is 1.01. The first-order chi connectivity index (χ1) is 19.2. The Morgan fingerprint density at radius 2 is 1.93 bits per heavy atom. The molecular weight excluding hydrogens is 540 g/mol. The summed E-state index contributed by atoms with van der Waals surface area (Å²) >= 11 is 0. The van der Waals surface area contributed by atoms with Crippen molar-refractivity contribution >= 4 is 36.8 Å². The number of nitrogens with zero attached hydrogens (tertiary/aromatic N) is 2. The minimum Gasteiger partial charge on any atom is -0.463 e. The predicted molar refractivity (Wildman–Crippen MR) is 146 cm³/mol. The SMILES string of the molecule is CC(=O)c1cn(CC(=O)N2C[C@H](F)C[C@H]2C(=O)NCCCCc2ccccc2)c2ccc(OCO[P+](=O)O)cc12. The summed E-state index contributed by atoms with van der Waals surface area (Å²) in [5.74, 6) is -0.741. The van der Waals surface area contributed by atoms with Crippen molar-refractivity contribution in [2.24, 2.45) is 0 Å². The van der Waals surface area contributed by atoms with Crippen LogP contribution in [0.3, 0.4) is 0 Å². The number of aryl methyl sites for hydroxylation is 1. The summed E-state index contributed by atoms with van der Waals surface area (Å²) in [7, 11) is -2.82. The van der Waals surface area contributed by atoms with Gasteiger partial charge in [-0.05, 0) is 49.9 Å². The van der Waals surface area contributed by atoms with E-state index < -0.39 is 33.2 Å². The molecule has 3 atom stereocenters. The number of rotatable bonds is 13. The molecule has 0 saturated carbocycles. The quantitative estimate of drug-likeness (QED) is 0.138. The average Bonchev–Trinajstić information content (AvgIpc) is 3.49. The van der Waals surface area contributed by atoms with Crippen LogP contribution < -0.4 is 10.1 Å². The molecule has 212 valence electrons. The lowest BCUT2D eigenvalue weighted by Crippen LogP contribution is -2.47. The third kappa shape index (κ3) is 7.50. The number of hydrogen-bond acceptors (Lipinski definition) is 6. The van der Waals surface area contributed by atoms with Crippen LogP contribution in [0.2, 0.25) is 0 Å². The number of amides is 2. The molecule has 1 fully saturated rings. The lowest BCUT2D eigenvalue weighted by molar-refractivity contribution is -0.138. The van der Waals surface area contributed by atoms with Gasteiger partial charge in [-0.1, -0.05) is 34.9 Å². The van der Waals surface area contributed by atoms with Gasteiger partial charge in [-0.15, -0.1) is 4.89 Å². The first-order valence-electron chi connectivity index (χ1n) is 13.0. The van der Waals surface area contributed by atoms with Crippen LogP contribution >= 0.6 is 8.25 Å². The standard InChI is InChI=1S/C28H31FN3O7P/c1-19(33)24-16-31(25-11-10-22(14-23(24)25)38-18-39-40(36)37)17-27(34)32-15-21(29)13-26(32)28(35)30-12-6-5-9-20-7-3-2-4-8-20/h2-4,7-8,10-11,14,16,21,26H,5-6,9,12-13,15,17-18H2,1H3,(H-,30,35,36,37)/p+1/t21-,26+/m1/s1. The second-order valence-electron chi connectivity index (χ2n) is 9.66. The number of likely N-dealkylation sites (tertiary alicyclic amines) is 1. The van der Waals surface area contributed by atoms with E-state index in [0.29, 0.717) is 28.8 Å². The van der Waals surface area contributed by atoms with Crippen LogP contribution in [0, 0.1) is 0 Å². The Labute approximate surface area is 232 Å². The van der Waals surface area contributed by atoms with E-state index in [0.717, 1.165) is 19.3 Å². The fourth-order valence-electron chi connectivity index (χ4n) is 4.89. The van der Waals surface area contributed by atoms with Crippen molar-refractivity contribution in [3.05, 3.63) is 65.9 Å². The summed E-state index contributed by atoms with van der Waals surface area (Å²) in [5, 5.41) is 3.36. The molecule has 0 bridgehead atoms. The smallest absolute Gasteiger partial charge is 0.463 e. The molecule has 2 aromatic carbocycles. The zero-order valence-corrected chi connectivity index (χ0v) is 23.0. The Kier molecular flexibility index (Phi) is 9.98. The van der Waals surface area contributed by atoms with Gasteiger partial charge in [-0.25, -0.2) is 4.39 Å². The van der Waals surface area contributed by atoms with E-state index in [1.165, 1.54) is 17.4 Å². The summed E-state index contributed by atoms with van der Waals surface area (Å²) in [5.41, 5.74) is 2.14. The van der Waals surface area contributed by atoms with Crippen LogP contribution in [0.25, 0.3) is 10.9 Å². The number of ether oxygens (including phenoxy) is 1. The Morgan fingerprint density at radius 3 is 2.65 bits per heavy atom. The number of halogens is 1. The van der Waals surface area contributed by atoms with Crippen LogP contribution in [-0.2, 0) is 31.6 Å². The number of unbranched alkanes of at least 4 members (excludes halogenated alkanes) is 1. The largest absolute Gasteiger partial charge is 0.698 e. The van der Waals surface area contributed by atoms with Gasteiger partial charge in [0.2, 0.25) is 18.6 Å². The molecule has 1 unspecified atom stereocenters. The molecule has 1 aliphatic heterocycles. The monoisotopic (exact) mass is 572 g/mol. The molecule has 1 aliphatic rings. The number of carbonyl (C=O) groups excluding carboxylic acids is 3. The van der Waals surface area contributed by atoms with Gasteiger partial charge in [0.05, 0.1) is 6.54 Å². The molecule has 2 N–H and O–H groups in total. The lowest BCUT2D eigenvalue weighted by Gasteiger charge is -2.24. The van der Waals surface area contributed by atoms with Crippen molar-refractivity contribution < 1.29 is 37.5 Å². The van der Waals surface area contributed by atoms with Crippen LogP contribution in [0.5, 0.6) is 5.75 Å². The van der Waals surface area contributed by atoms with E-state index in [1.807, 2.05) is 18.2 Å². The maximum absolute atomic E-state index is 14.4. The molecule has 0 spiro atoms. The first-order valence-corrected chi connectivity index (χ1v) is 14.2. The van der Waals surface area contributed by atoms with E-state index in [9.17, 15) is 23.3 Å². The molecule has 4 rings (SSSR count). The fraction of sp³-hybridized carbons (Fsp3) is 0.393. The van der Waals surface area contributed by atoms with Gasteiger partial charge < -0.3 is 19.5 Å². The Hall–Kier alpha value is -3.66. The van der Waals surface area contributed by atoms with Gasteiger partial charge in [0, 0.05) is 40.2 Å². The molecule has 2 amide bonds. The van der Waals surface area contributed by atoms with E-state index in [4.69, 9.17) is 9.63 Å². The highest BCUT2D eigenvalue weighted by Crippen LogP contribution is 2.28. The van der Waals surface area contributed by atoms with Gasteiger partial charge in [-0.2, -0.15) is 0 Å². The maximum Gasteiger partial charge on any atom is 0.698 e. The molecule has 3 aromatic rings. The molecule has 1 aromatic heterocycles. The highest BCUT2D eigenvalue weighted by molar-refractivity contribution is 7.32. The third-order valence-corrected chi connectivity index (χ3v) is 7.16. The minimum atomic E-state index is -2.82. The minimum absolute atomic E-state index is 0.0606. The Balaban J connectivity index is 1.39. The van der Waals surface area contributed by atoms with Crippen molar-refractivity contribution in [1.29, 1.82) is 0 Å². The molecule has 0 aliphatic carbocycles. The molecule has 10 nitrogen and oxygen atoms in total. The highest BCUT2D eigenvalue weighted by atomic mass is 31.1. The number of benzene rings is 2. The van der Waals surface area contributed by atoms with Gasteiger partial charge >= 0.3 is 8.25 Å². The second kappa shape index (κ2) is 13.6. The average molecular weight is 573 g/mol. The predicted octanol–water partition coefficient (Wildman–Crippen LogP) is 3.92. The van der Waals surface area contributed by atoms with Gasteiger partial charge in [-0.3, -0.25) is 14.4 Å². The number of fused-ring (bicyclic) bond motifs is 1. The van der Waals surface area contributed by atoms with E-state index in [2.05, 4.69) is 22.0 Å². The van der Waals surface area contributed by atoms with Crippen molar-refractivity contribution in [2.45, 2.75) is 51.4 Å². The molecule has 2 heterocycles. The zero-order chi connectivity index (χ0) is 28.6. The van der Waals surface area contributed by atoms with Crippen molar-refractivity contribution in [3.8, 4) is 5.75 Å². The number of ketones is 1.